The molecule has 0 saturated heterocycles. The molecule has 4 atom stereocenters. The van der Waals surface area contributed by atoms with E-state index in [0.717, 1.165) is 38.5 Å². The Bertz CT molecular complexity index is 504. The summed E-state index contributed by atoms with van der Waals surface area (Å²) < 4.78 is 0. The van der Waals surface area contributed by atoms with Crippen LogP contribution in [0.4, 0.5) is 0 Å². The highest BCUT2D eigenvalue weighted by atomic mass is 16.3. The van der Waals surface area contributed by atoms with Crippen molar-refractivity contribution in [3.63, 3.8) is 0 Å². The van der Waals surface area contributed by atoms with Gasteiger partial charge in [-0.05, 0) is 12.8 Å². The minimum Gasteiger partial charge on any atom is -0.394 e. The van der Waals surface area contributed by atoms with E-state index in [2.05, 4.69) is 19.2 Å². The van der Waals surface area contributed by atoms with E-state index in [9.17, 15) is 25.2 Å². The zero-order valence-electron chi connectivity index (χ0n) is 25.2. The van der Waals surface area contributed by atoms with Crippen molar-refractivity contribution in [3.05, 3.63) is 0 Å². The lowest BCUT2D eigenvalue weighted by Gasteiger charge is -2.27. The maximum Gasteiger partial charge on any atom is 0.249 e. The molecule has 0 aliphatic heterocycles. The molecule has 0 aromatic carbocycles. The van der Waals surface area contributed by atoms with Crippen molar-refractivity contribution in [2.24, 2.45) is 0 Å². The van der Waals surface area contributed by atoms with E-state index in [0.29, 0.717) is 12.8 Å². The number of hydrogen-bond acceptors (Lipinski definition) is 5. The van der Waals surface area contributed by atoms with Crippen LogP contribution < -0.4 is 5.32 Å². The third-order valence-corrected chi connectivity index (χ3v) is 7.82. The molecule has 0 bridgehead atoms. The fourth-order valence-corrected chi connectivity index (χ4v) is 5.11. The van der Waals surface area contributed by atoms with Crippen molar-refractivity contribution >= 4 is 5.91 Å². The Kier molecular flexibility index (Phi) is 27.4. The quantitative estimate of drug-likeness (QED) is 0.0656. The van der Waals surface area contributed by atoms with E-state index in [-0.39, 0.29) is 0 Å². The van der Waals surface area contributed by atoms with E-state index in [4.69, 9.17) is 0 Å². The number of aliphatic hydroxyl groups excluding tert-OH is 4. The average Bonchev–Trinajstić information content (AvgIpc) is 2.92. The maximum atomic E-state index is 12.3. The minimum absolute atomic E-state index is 0.372. The summed E-state index contributed by atoms with van der Waals surface area (Å²) in [5.74, 6) is -0.587. The summed E-state index contributed by atoms with van der Waals surface area (Å²) in [4.78, 5) is 12.3. The molecule has 0 aliphatic carbocycles. The van der Waals surface area contributed by atoms with Gasteiger partial charge in [-0.1, -0.05) is 155 Å². The van der Waals surface area contributed by atoms with Gasteiger partial charge >= 0.3 is 0 Å². The van der Waals surface area contributed by atoms with Crippen LogP contribution in [0.15, 0.2) is 0 Å². The monoisotopic (exact) mass is 543 g/mol. The highest BCUT2D eigenvalue weighted by Gasteiger charge is 2.28. The van der Waals surface area contributed by atoms with E-state index in [1.54, 1.807) is 0 Å². The summed E-state index contributed by atoms with van der Waals surface area (Å²) in [5.41, 5.74) is 0. The molecule has 6 heteroatoms. The number of aliphatic hydroxyl groups is 4. The van der Waals surface area contributed by atoms with Gasteiger partial charge in [0.25, 0.3) is 0 Å². The molecule has 0 aromatic heterocycles. The maximum absolute atomic E-state index is 12.3. The second-order valence-electron chi connectivity index (χ2n) is 11.5. The molecule has 0 saturated carbocycles. The Balaban J connectivity index is 3.86. The molecule has 6 nitrogen and oxygen atoms in total. The van der Waals surface area contributed by atoms with Gasteiger partial charge in [-0.15, -0.1) is 0 Å². The summed E-state index contributed by atoms with van der Waals surface area (Å²) in [5, 5.41) is 43.2. The van der Waals surface area contributed by atoms with Crippen molar-refractivity contribution in [1.82, 2.24) is 5.32 Å². The van der Waals surface area contributed by atoms with Crippen LogP contribution in [0.5, 0.6) is 0 Å². The molecule has 0 aliphatic rings. The number of amides is 1. The highest BCUT2D eigenvalue weighted by Crippen LogP contribution is 2.15. The number of unbranched alkanes of at least 4 members (excludes halogenated alkanes) is 20. The standard InChI is InChI=1S/C32H65NO5/c1-3-5-7-9-11-13-14-15-16-18-19-21-23-25-29(35)31(37)28(27-34)33-32(38)30(36)26-24-22-20-17-12-10-8-6-4-2/h28-31,34-37H,3-27H2,1-2H3,(H,33,38). The van der Waals surface area contributed by atoms with Crippen molar-refractivity contribution in [1.29, 1.82) is 0 Å². The van der Waals surface area contributed by atoms with E-state index in [1.807, 2.05) is 0 Å². The molecule has 0 fully saturated rings. The third kappa shape index (κ3) is 22.2. The molecule has 5 N–H and O–H groups in total. The first-order valence-corrected chi connectivity index (χ1v) is 16.4. The van der Waals surface area contributed by atoms with Crippen molar-refractivity contribution in [2.45, 2.75) is 192 Å². The van der Waals surface area contributed by atoms with Crippen LogP contribution in [-0.4, -0.2) is 57.3 Å². The third-order valence-electron chi connectivity index (χ3n) is 7.82. The van der Waals surface area contributed by atoms with Crippen LogP contribution in [0.2, 0.25) is 0 Å². The van der Waals surface area contributed by atoms with E-state index >= 15 is 0 Å². The van der Waals surface area contributed by atoms with Gasteiger partial charge < -0.3 is 25.7 Å². The van der Waals surface area contributed by atoms with Gasteiger partial charge in [0, 0.05) is 0 Å². The summed E-state index contributed by atoms with van der Waals surface area (Å²) >= 11 is 0. The number of carbonyl (C=O) groups is 1. The SMILES string of the molecule is CCCCCCCCCCCCCCCC(O)C(O)C(CO)NC(=O)C(O)CCCCCCCCCCC. The van der Waals surface area contributed by atoms with Crippen LogP contribution >= 0.6 is 0 Å². The van der Waals surface area contributed by atoms with Gasteiger partial charge in [0.1, 0.15) is 12.2 Å². The van der Waals surface area contributed by atoms with E-state index in [1.165, 1.54) is 103 Å². The smallest absolute Gasteiger partial charge is 0.249 e. The molecule has 0 spiro atoms. The Labute approximate surface area is 235 Å². The van der Waals surface area contributed by atoms with Gasteiger partial charge in [-0.3, -0.25) is 4.79 Å². The Morgan fingerprint density at radius 3 is 1.26 bits per heavy atom. The Morgan fingerprint density at radius 2 is 0.895 bits per heavy atom. The van der Waals surface area contributed by atoms with Crippen LogP contribution in [0.1, 0.15) is 168 Å². The lowest BCUT2D eigenvalue weighted by Crippen LogP contribution is -2.53. The van der Waals surface area contributed by atoms with Gasteiger partial charge in [0.15, 0.2) is 0 Å². The lowest BCUT2D eigenvalue weighted by molar-refractivity contribution is -0.132. The first-order chi connectivity index (χ1) is 18.5. The van der Waals surface area contributed by atoms with Crippen LogP contribution in [0.3, 0.4) is 0 Å². The van der Waals surface area contributed by atoms with Gasteiger partial charge in [0.05, 0.1) is 18.8 Å². The second kappa shape index (κ2) is 27.9. The second-order valence-corrected chi connectivity index (χ2v) is 11.5. The lowest BCUT2D eigenvalue weighted by atomic mass is 9.99. The molecule has 0 heterocycles. The average molecular weight is 544 g/mol. The van der Waals surface area contributed by atoms with E-state index < -0.39 is 36.9 Å². The first kappa shape index (κ1) is 37.3. The van der Waals surface area contributed by atoms with Gasteiger partial charge in [-0.2, -0.15) is 0 Å². The molecule has 4 unspecified atom stereocenters. The summed E-state index contributed by atoms with van der Waals surface area (Å²) in [6, 6.07) is -0.975. The number of rotatable bonds is 29. The zero-order chi connectivity index (χ0) is 28.3. The van der Waals surface area contributed by atoms with Gasteiger partial charge in [-0.25, -0.2) is 0 Å². The molecule has 1 amide bonds. The summed E-state index contributed by atoms with van der Waals surface area (Å²) in [6.07, 6.45) is 24.1. The minimum atomic E-state index is -1.25. The molecule has 38 heavy (non-hydrogen) atoms. The summed E-state index contributed by atoms with van der Waals surface area (Å²) in [6.45, 7) is 3.99. The Hall–Kier alpha value is -0.690. The molecule has 0 radical (unpaired) electrons. The molecule has 0 aromatic rings. The van der Waals surface area contributed by atoms with Crippen LogP contribution in [-0.2, 0) is 4.79 Å². The number of carbonyl (C=O) groups excluding carboxylic acids is 1. The normalized spacial score (nSPS) is 14.8. The van der Waals surface area contributed by atoms with Crippen molar-refractivity contribution in [3.8, 4) is 0 Å². The fourth-order valence-electron chi connectivity index (χ4n) is 5.11. The first-order valence-electron chi connectivity index (χ1n) is 16.4. The Morgan fingerprint density at radius 1 is 0.553 bits per heavy atom. The topological polar surface area (TPSA) is 110 Å². The molecule has 0 rings (SSSR count). The van der Waals surface area contributed by atoms with Crippen molar-refractivity contribution in [2.75, 3.05) is 6.61 Å². The summed E-state index contributed by atoms with van der Waals surface area (Å²) in [7, 11) is 0. The van der Waals surface area contributed by atoms with Crippen molar-refractivity contribution < 1.29 is 25.2 Å². The van der Waals surface area contributed by atoms with Crippen LogP contribution in [0, 0.1) is 0 Å². The van der Waals surface area contributed by atoms with Crippen LogP contribution in [0.25, 0.3) is 0 Å². The number of hydrogen-bond donors (Lipinski definition) is 5. The predicted molar refractivity (Wildman–Crippen MR) is 159 cm³/mol. The zero-order valence-corrected chi connectivity index (χ0v) is 25.2. The largest absolute Gasteiger partial charge is 0.394 e. The predicted octanol–water partition coefficient (Wildman–Crippen LogP) is 6.95. The van der Waals surface area contributed by atoms with Gasteiger partial charge in [0.2, 0.25) is 5.91 Å². The highest BCUT2D eigenvalue weighted by molar-refractivity contribution is 5.80. The molecular formula is C32H65NO5. The molecular weight excluding hydrogens is 478 g/mol. The molecule has 228 valence electrons. The number of nitrogens with one attached hydrogen (secondary N) is 1. The fraction of sp³-hybridized carbons (Fsp3) is 0.969.